The zero-order valence-corrected chi connectivity index (χ0v) is 7.31. The molecule has 11 heavy (non-hydrogen) atoms. The molecule has 62 valence electrons. The molecular weight excluding hydrogens is 140 g/mol. The van der Waals surface area contributed by atoms with Crippen LogP contribution in [0.15, 0.2) is 0 Å². The lowest BCUT2D eigenvalue weighted by atomic mass is 10.0. The van der Waals surface area contributed by atoms with E-state index in [0.717, 1.165) is 6.42 Å². The Hall–Kier alpha value is -0.660. The van der Waals surface area contributed by atoms with Crippen LogP contribution in [0.5, 0.6) is 0 Å². The van der Waals surface area contributed by atoms with Gasteiger partial charge in [-0.05, 0) is 17.8 Å². The number of hydrogen-bond donors (Lipinski definition) is 0. The van der Waals surface area contributed by atoms with Gasteiger partial charge in [0.2, 0.25) is 0 Å². The van der Waals surface area contributed by atoms with Gasteiger partial charge in [0, 0.05) is 13.3 Å². The van der Waals surface area contributed by atoms with Crippen LogP contribution >= 0.6 is 0 Å². The Balaban J connectivity index is 2.35. The van der Waals surface area contributed by atoms with E-state index in [1.165, 1.54) is 6.92 Å². The lowest BCUT2D eigenvalue weighted by Gasteiger charge is -1.99. The molecular formula is C9H14O2. The van der Waals surface area contributed by atoms with Gasteiger partial charge in [-0.15, -0.1) is 0 Å². The molecule has 0 radical (unpaired) electrons. The molecule has 0 aromatic rings. The Bertz CT molecular complexity index is 204. The van der Waals surface area contributed by atoms with Gasteiger partial charge in [0.25, 0.3) is 0 Å². The fraction of sp³-hybridized carbons (Fsp3) is 0.778. The largest absolute Gasteiger partial charge is 0.291 e. The summed E-state index contributed by atoms with van der Waals surface area (Å²) >= 11 is 0. The highest BCUT2D eigenvalue weighted by Gasteiger charge is 2.46. The van der Waals surface area contributed by atoms with Crippen LogP contribution in [0.2, 0.25) is 0 Å². The van der Waals surface area contributed by atoms with Crippen LogP contribution < -0.4 is 0 Å². The van der Waals surface area contributed by atoms with E-state index < -0.39 is 0 Å². The van der Waals surface area contributed by atoms with E-state index in [-0.39, 0.29) is 11.6 Å². The number of hydrogen-bond acceptors (Lipinski definition) is 2. The Morgan fingerprint density at radius 2 is 1.91 bits per heavy atom. The molecule has 1 unspecified atom stereocenters. The second kappa shape index (κ2) is 2.43. The highest BCUT2D eigenvalue weighted by atomic mass is 16.2. The van der Waals surface area contributed by atoms with Crippen molar-refractivity contribution in [3.05, 3.63) is 0 Å². The molecule has 1 saturated carbocycles. The van der Waals surface area contributed by atoms with Gasteiger partial charge in [-0.25, -0.2) is 0 Å². The van der Waals surface area contributed by atoms with Gasteiger partial charge in [0.05, 0.1) is 0 Å². The number of rotatable bonds is 3. The fourth-order valence-corrected chi connectivity index (χ4v) is 1.29. The molecule has 0 saturated heterocycles. The third-order valence-electron chi connectivity index (χ3n) is 2.54. The number of carbonyl (C=O) groups excluding carboxylic acids is 2. The summed E-state index contributed by atoms with van der Waals surface area (Å²) in [5.74, 6) is -0.0489. The summed E-state index contributed by atoms with van der Waals surface area (Å²) in [6.07, 6.45) is 1.55. The minimum Gasteiger partial charge on any atom is -0.291 e. The van der Waals surface area contributed by atoms with Crippen molar-refractivity contribution >= 4 is 11.6 Å². The van der Waals surface area contributed by atoms with E-state index in [0.29, 0.717) is 17.8 Å². The number of ketones is 2. The zero-order valence-electron chi connectivity index (χ0n) is 7.31. The van der Waals surface area contributed by atoms with Gasteiger partial charge in [-0.1, -0.05) is 13.8 Å². The maximum absolute atomic E-state index is 10.9. The van der Waals surface area contributed by atoms with Crippen LogP contribution in [0.25, 0.3) is 0 Å². The van der Waals surface area contributed by atoms with Crippen molar-refractivity contribution in [3.63, 3.8) is 0 Å². The summed E-state index contributed by atoms with van der Waals surface area (Å²) in [5, 5.41) is 0. The Kier molecular flexibility index (Phi) is 1.87. The second-order valence-corrected chi connectivity index (χ2v) is 4.07. The first kappa shape index (κ1) is 8.44. The van der Waals surface area contributed by atoms with Crippen LogP contribution in [-0.4, -0.2) is 11.6 Å². The molecule has 1 atom stereocenters. The quantitative estimate of drug-likeness (QED) is 0.578. The summed E-state index contributed by atoms with van der Waals surface area (Å²) in [6, 6.07) is 0. The van der Waals surface area contributed by atoms with E-state index in [1.807, 2.05) is 0 Å². The van der Waals surface area contributed by atoms with E-state index in [2.05, 4.69) is 13.8 Å². The van der Waals surface area contributed by atoms with Crippen molar-refractivity contribution in [3.8, 4) is 0 Å². The van der Waals surface area contributed by atoms with Gasteiger partial charge in [-0.2, -0.15) is 0 Å². The molecule has 0 N–H and O–H groups in total. The normalized spacial score (nSPS) is 26.3. The maximum Gasteiger partial charge on any atom is 0.198 e. The van der Waals surface area contributed by atoms with E-state index in [9.17, 15) is 9.59 Å². The Labute approximate surface area is 67.0 Å². The number of carbonyl (C=O) groups is 2. The first-order chi connectivity index (χ1) is 4.93. The first-order valence-electron chi connectivity index (χ1n) is 3.97. The summed E-state index contributed by atoms with van der Waals surface area (Å²) in [4.78, 5) is 21.5. The lowest BCUT2D eigenvalue weighted by Crippen LogP contribution is -2.11. The average Bonchev–Trinajstić information content (AvgIpc) is 2.39. The highest BCUT2D eigenvalue weighted by molar-refractivity contribution is 6.36. The fourth-order valence-electron chi connectivity index (χ4n) is 1.29. The van der Waals surface area contributed by atoms with E-state index in [4.69, 9.17) is 0 Å². The van der Waals surface area contributed by atoms with Crippen LogP contribution in [0, 0.1) is 11.3 Å². The Morgan fingerprint density at radius 3 is 2.18 bits per heavy atom. The summed E-state index contributed by atoms with van der Waals surface area (Å²) < 4.78 is 0. The van der Waals surface area contributed by atoms with Crippen molar-refractivity contribution in [2.75, 3.05) is 0 Å². The van der Waals surface area contributed by atoms with Crippen LogP contribution in [0.4, 0.5) is 0 Å². The van der Waals surface area contributed by atoms with Crippen LogP contribution in [-0.2, 0) is 9.59 Å². The summed E-state index contributed by atoms with van der Waals surface area (Å²) in [6.45, 7) is 5.61. The molecule has 0 heterocycles. The molecule has 0 aromatic carbocycles. The van der Waals surface area contributed by atoms with Crippen molar-refractivity contribution in [2.45, 2.75) is 33.6 Å². The maximum atomic E-state index is 10.9. The van der Waals surface area contributed by atoms with E-state index in [1.54, 1.807) is 0 Å². The van der Waals surface area contributed by atoms with Crippen molar-refractivity contribution in [1.29, 1.82) is 0 Å². The minimum atomic E-state index is -0.298. The van der Waals surface area contributed by atoms with Crippen LogP contribution in [0.3, 0.4) is 0 Å². The SMILES string of the molecule is CC(=O)C(=O)CC1CC1(C)C. The summed E-state index contributed by atoms with van der Waals surface area (Å²) in [7, 11) is 0. The van der Waals surface area contributed by atoms with Gasteiger partial charge in [0.1, 0.15) is 0 Å². The molecule has 0 spiro atoms. The molecule has 2 heteroatoms. The number of Topliss-reactive ketones (excluding diaryl/α,β-unsaturated/α-hetero) is 2. The second-order valence-electron chi connectivity index (χ2n) is 4.07. The zero-order chi connectivity index (χ0) is 8.65. The molecule has 1 rings (SSSR count). The van der Waals surface area contributed by atoms with Crippen LogP contribution in [0.1, 0.15) is 33.6 Å². The van der Waals surface area contributed by atoms with Gasteiger partial charge in [0.15, 0.2) is 11.6 Å². The predicted molar refractivity (Wildman–Crippen MR) is 42.2 cm³/mol. The molecule has 1 fully saturated rings. The molecule has 2 nitrogen and oxygen atoms in total. The van der Waals surface area contributed by atoms with E-state index >= 15 is 0 Å². The minimum absolute atomic E-state index is 0.208. The topological polar surface area (TPSA) is 34.1 Å². The summed E-state index contributed by atoms with van der Waals surface area (Å²) in [5.41, 5.74) is 0.311. The van der Waals surface area contributed by atoms with Gasteiger partial charge in [-0.3, -0.25) is 9.59 Å². The highest BCUT2D eigenvalue weighted by Crippen LogP contribution is 2.53. The molecule has 0 aromatic heterocycles. The smallest absolute Gasteiger partial charge is 0.198 e. The predicted octanol–water partition coefficient (Wildman–Crippen LogP) is 1.58. The first-order valence-corrected chi connectivity index (χ1v) is 3.97. The van der Waals surface area contributed by atoms with Gasteiger partial charge < -0.3 is 0 Å². The molecule has 0 amide bonds. The molecule has 0 aliphatic heterocycles. The average molecular weight is 154 g/mol. The third kappa shape index (κ3) is 1.88. The van der Waals surface area contributed by atoms with Gasteiger partial charge >= 0.3 is 0 Å². The lowest BCUT2D eigenvalue weighted by molar-refractivity contribution is -0.135. The third-order valence-corrected chi connectivity index (χ3v) is 2.54. The Morgan fingerprint density at radius 1 is 1.45 bits per heavy atom. The molecule has 1 aliphatic rings. The molecule has 0 bridgehead atoms. The van der Waals surface area contributed by atoms with Crippen molar-refractivity contribution in [2.24, 2.45) is 11.3 Å². The van der Waals surface area contributed by atoms with Crippen molar-refractivity contribution in [1.82, 2.24) is 0 Å². The monoisotopic (exact) mass is 154 g/mol. The van der Waals surface area contributed by atoms with Crippen molar-refractivity contribution < 1.29 is 9.59 Å². The standard InChI is InChI=1S/C9H14O2/c1-6(10)8(11)4-7-5-9(7,2)3/h7H,4-5H2,1-3H3. The molecule has 1 aliphatic carbocycles.